The van der Waals surface area contributed by atoms with Crippen molar-refractivity contribution in [3.63, 3.8) is 0 Å². The van der Waals surface area contributed by atoms with E-state index in [1.54, 1.807) is 18.2 Å². The van der Waals surface area contributed by atoms with E-state index in [9.17, 15) is 22.8 Å². The van der Waals surface area contributed by atoms with Gasteiger partial charge in [-0.05, 0) is 55.2 Å². The van der Waals surface area contributed by atoms with Crippen LogP contribution in [0.15, 0.2) is 83.3 Å². The molecular weight excluding hydrogens is 630 g/mol. The average molecular weight is 669 g/mol. The molecule has 0 aliphatic heterocycles. The van der Waals surface area contributed by atoms with E-state index in [1.165, 1.54) is 17.9 Å². The van der Waals surface area contributed by atoms with Crippen molar-refractivity contribution in [1.82, 2.24) is 10.2 Å². The van der Waals surface area contributed by atoms with E-state index in [4.69, 9.17) is 0 Å². The van der Waals surface area contributed by atoms with Gasteiger partial charge >= 0.3 is 0 Å². The largest absolute Gasteiger partial charge is 0.352 e. The van der Waals surface area contributed by atoms with Crippen LogP contribution in [-0.2, 0) is 32.6 Å². The lowest BCUT2D eigenvalue weighted by Crippen LogP contribution is -2.55. The number of hydrogen-bond acceptors (Lipinski definition) is 5. The molecule has 43 heavy (non-hydrogen) atoms. The van der Waals surface area contributed by atoms with Crippen LogP contribution < -0.4 is 9.62 Å². The molecule has 1 fully saturated rings. The number of rotatable bonds is 12. The highest BCUT2D eigenvalue weighted by atomic mass is 79.9. The second kappa shape index (κ2) is 14.8. The fourth-order valence-electron chi connectivity index (χ4n) is 5.38. The predicted molar refractivity (Wildman–Crippen MR) is 172 cm³/mol. The maximum absolute atomic E-state index is 14.3. The maximum Gasteiger partial charge on any atom is 0.244 e. The zero-order valence-corrected chi connectivity index (χ0v) is 26.9. The molecule has 0 saturated heterocycles. The highest BCUT2D eigenvalue weighted by molar-refractivity contribution is 9.10. The molecule has 1 atom stereocenters. The molecule has 3 aromatic rings. The van der Waals surface area contributed by atoms with Gasteiger partial charge in [-0.15, -0.1) is 0 Å². The lowest BCUT2D eigenvalue weighted by Gasteiger charge is -2.35. The number of Topliss-reactive ketones (excluding diaryl/α,β-unsaturated/α-hetero) is 1. The zero-order valence-electron chi connectivity index (χ0n) is 24.5. The van der Waals surface area contributed by atoms with Crippen molar-refractivity contribution in [3.8, 4) is 0 Å². The molecule has 0 unspecified atom stereocenters. The number of benzene rings is 3. The number of carbonyl (C=O) groups excluding carboxylic acids is 3. The number of halogens is 1. The summed E-state index contributed by atoms with van der Waals surface area (Å²) >= 11 is 3.45. The van der Waals surface area contributed by atoms with Crippen LogP contribution in [0.25, 0.3) is 0 Å². The van der Waals surface area contributed by atoms with Crippen molar-refractivity contribution in [2.24, 2.45) is 0 Å². The van der Waals surface area contributed by atoms with Gasteiger partial charge in [0.15, 0.2) is 5.78 Å². The second-order valence-corrected chi connectivity index (χ2v) is 13.9. The molecule has 0 spiro atoms. The van der Waals surface area contributed by atoms with Crippen molar-refractivity contribution in [2.45, 2.75) is 64.1 Å². The summed E-state index contributed by atoms with van der Waals surface area (Å²) in [6.45, 7) is 0.972. The molecule has 228 valence electrons. The molecular formula is C33H38BrN3O5S. The van der Waals surface area contributed by atoms with Gasteiger partial charge in [0, 0.05) is 29.0 Å². The third kappa shape index (κ3) is 9.24. The second-order valence-electron chi connectivity index (χ2n) is 11.1. The van der Waals surface area contributed by atoms with Gasteiger partial charge in [-0.25, -0.2) is 8.42 Å². The summed E-state index contributed by atoms with van der Waals surface area (Å²) in [6, 6.07) is 22.3. The molecule has 10 heteroatoms. The number of anilines is 1. The minimum Gasteiger partial charge on any atom is -0.352 e. The smallest absolute Gasteiger partial charge is 0.244 e. The maximum atomic E-state index is 14.3. The number of nitrogens with zero attached hydrogens (tertiary/aromatic N) is 2. The van der Waals surface area contributed by atoms with E-state index in [2.05, 4.69) is 21.2 Å². The van der Waals surface area contributed by atoms with Crippen LogP contribution in [0.5, 0.6) is 0 Å². The molecule has 1 aliphatic rings. The Balaban J connectivity index is 1.73. The van der Waals surface area contributed by atoms with E-state index in [1.807, 2.05) is 54.6 Å². The Hall–Kier alpha value is -3.50. The summed E-state index contributed by atoms with van der Waals surface area (Å²) in [7, 11) is -3.93. The molecule has 3 aromatic carbocycles. The van der Waals surface area contributed by atoms with E-state index in [0.717, 1.165) is 58.3 Å². The summed E-state index contributed by atoms with van der Waals surface area (Å²) in [5.41, 5.74) is 2.22. The SMILES string of the molecule is CC(=O)c1cccc(N(CC(=O)N(Cc2ccc(Br)cc2)[C@@H](Cc2ccccc2)C(=O)NC2CCCCC2)S(C)(=O)=O)c1. The summed E-state index contributed by atoms with van der Waals surface area (Å²) in [5.74, 6) is -1.01. The first-order valence-corrected chi connectivity index (χ1v) is 17.1. The van der Waals surface area contributed by atoms with Gasteiger partial charge in [0.1, 0.15) is 12.6 Å². The minimum absolute atomic E-state index is 0.0333. The normalized spacial score (nSPS) is 14.5. The first kappa shape index (κ1) is 32.4. The number of nitrogens with one attached hydrogen (secondary N) is 1. The highest BCUT2D eigenvalue weighted by Gasteiger charge is 2.34. The molecule has 0 bridgehead atoms. The standard InChI is InChI=1S/C33H38BrN3O5S/c1-24(38)27-12-9-15-30(21-27)37(43(2,41)42)23-32(39)36(22-26-16-18-28(34)19-17-26)31(20-25-10-5-3-6-11-25)33(40)35-29-13-7-4-8-14-29/h3,5-6,9-12,15-19,21,29,31H,4,7-8,13-14,20,22-23H2,1-2H3,(H,35,40)/t31-/m0/s1. The first-order chi connectivity index (χ1) is 20.5. The van der Waals surface area contributed by atoms with Crippen LogP contribution in [0.3, 0.4) is 0 Å². The Kier molecular flexibility index (Phi) is 11.2. The molecule has 8 nitrogen and oxygen atoms in total. The first-order valence-electron chi connectivity index (χ1n) is 14.5. The number of hydrogen-bond donors (Lipinski definition) is 1. The summed E-state index contributed by atoms with van der Waals surface area (Å²) < 4.78 is 27.9. The van der Waals surface area contributed by atoms with Crippen LogP contribution in [0.1, 0.15) is 60.5 Å². The Morgan fingerprint density at radius 3 is 2.21 bits per heavy atom. The van der Waals surface area contributed by atoms with Crippen LogP contribution in [0.2, 0.25) is 0 Å². The van der Waals surface area contributed by atoms with Gasteiger partial charge in [-0.1, -0.05) is 89.8 Å². The predicted octanol–water partition coefficient (Wildman–Crippen LogP) is 5.51. The number of carbonyl (C=O) groups is 3. The average Bonchev–Trinajstić information content (AvgIpc) is 2.99. The molecule has 0 aromatic heterocycles. The van der Waals surface area contributed by atoms with Gasteiger partial charge in [0.25, 0.3) is 0 Å². The van der Waals surface area contributed by atoms with E-state index >= 15 is 0 Å². The minimum atomic E-state index is -3.93. The van der Waals surface area contributed by atoms with Gasteiger partial charge in [-0.3, -0.25) is 18.7 Å². The summed E-state index contributed by atoms with van der Waals surface area (Å²) in [6.07, 6.45) is 6.28. The van der Waals surface area contributed by atoms with Gasteiger partial charge in [-0.2, -0.15) is 0 Å². The molecule has 1 aliphatic carbocycles. The summed E-state index contributed by atoms with van der Waals surface area (Å²) in [4.78, 5) is 41.8. The van der Waals surface area contributed by atoms with Gasteiger partial charge < -0.3 is 10.2 Å². The number of amides is 2. The van der Waals surface area contributed by atoms with E-state index in [-0.39, 0.29) is 36.4 Å². The van der Waals surface area contributed by atoms with Crippen molar-refractivity contribution >= 4 is 49.2 Å². The molecule has 1 N–H and O–H groups in total. The topological polar surface area (TPSA) is 104 Å². The van der Waals surface area contributed by atoms with E-state index < -0.39 is 28.5 Å². The monoisotopic (exact) mass is 667 g/mol. The molecule has 0 radical (unpaired) electrons. The van der Waals surface area contributed by atoms with Crippen molar-refractivity contribution in [2.75, 3.05) is 17.1 Å². The Morgan fingerprint density at radius 1 is 0.907 bits per heavy atom. The van der Waals surface area contributed by atoms with Crippen LogP contribution >= 0.6 is 15.9 Å². The Bertz CT molecular complexity index is 1520. The Morgan fingerprint density at radius 2 is 1.58 bits per heavy atom. The zero-order chi connectivity index (χ0) is 31.0. The highest BCUT2D eigenvalue weighted by Crippen LogP contribution is 2.23. The molecule has 1 saturated carbocycles. The van der Waals surface area contributed by atoms with Gasteiger partial charge in [0.05, 0.1) is 11.9 Å². The van der Waals surface area contributed by atoms with Crippen LogP contribution in [0, 0.1) is 0 Å². The fraction of sp³-hybridized carbons (Fsp3) is 0.364. The lowest BCUT2D eigenvalue weighted by atomic mass is 9.94. The third-order valence-corrected chi connectivity index (χ3v) is 9.38. The molecule has 4 rings (SSSR count). The Labute approximate surface area is 262 Å². The van der Waals surface area contributed by atoms with Crippen molar-refractivity contribution < 1.29 is 22.8 Å². The van der Waals surface area contributed by atoms with Crippen molar-refractivity contribution in [1.29, 1.82) is 0 Å². The molecule has 0 heterocycles. The molecule has 2 amide bonds. The third-order valence-electron chi connectivity index (χ3n) is 7.71. The quantitative estimate of drug-likeness (QED) is 0.257. The van der Waals surface area contributed by atoms with Crippen LogP contribution in [0.4, 0.5) is 5.69 Å². The van der Waals surface area contributed by atoms with Crippen LogP contribution in [-0.4, -0.2) is 55.8 Å². The van der Waals surface area contributed by atoms with Gasteiger partial charge in [0.2, 0.25) is 21.8 Å². The van der Waals surface area contributed by atoms with E-state index in [0.29, 0.717) is 5.56 Å². The fourth-order valence-corrected chi connectivity index (χ4v) is 6.48. The van der Waals surface area contributed by atoms with Crippen molar-refractivity contribution in [3.05, 3.63) is 100 Å². The number of sulfonamides is 1. The lowest BCUT2D eigenvalue weighted by molar-refractivity contribution is -0.140. The number of ketones is 1. The summed E-state index contributed by atoms with van der Waals surface area (Å²) in [5, 5.41) is 3.19.